The number of oxazole rings is 2. The molecule has 14 heteroatoms. The van der Waals surface area contributed by atoms with Crippen LogP contribution in [0.25, 0.3) is 11.6 Å². The van der Waals surface area contributed by atoms with E-state index in [9.17, 15) is 19.2 Å². The zero-order chi connectivity index (χ0) is 31.0. The van der Waals surface area contributed by atoms with Gasteiger partial charge in [-0.3, -0.25) is 19.2 Å². The van der Waals surface area contributed by atoms with Crippen molar-refractivity contribution in [3.63, 3.8) is 0 Å². The van der Waals surface area contributed by atoms with Gasteiger partial charge in [0.2, 0.25) is 23.6 Å². The molecule has 5 rings (SSSR count). The molecule has 3 aromatic heterocycles. The van der Waals surface area contributed by atoms with Crippen molar-refractivity contribution < 1.29 is 28.0 Å². The summed E-state index contributed by atoms with van der Waals surface area (Å²) in [5.74, 6) is -1.02. The lowest BCUT2D eigenvalue weighted by Gasteiger charge is -2.30. The Kier molecular flexibility index (Phi) is 8.67. The van der Waals surface area contributed by atoms with Crippen LogP contribution in [0, 0.1) is 18.8 Å². The fourth-order valence-electron chi connectivity index (χ4n) is 5.35. The summed E-state index contributed by atoms with van der Waals surface area (Å²) in [4.78, 5) is 68.7. The maximum absolute atomic E-state index is 13.8. The van der Waals surface area contributed by atoms with E-state index in [1.807, 2.05) is 27.7 Å². The first-order valence-corrected chi connectivity index (χ1v) is 15.4. The number of rotatable bonds is 3. The summed E-state index contributed by atoms with van der Waals surface area (Å²) in [5, 5.41) is 11.1. The van der Waals surface area contributed by atoms with Crippen molar-refractivity contribution in [1.29, 1.82) is 0 Å². The summed E-state index contributed by atoms with van der Waals surface area (Å²) in [6.07, 6.45) is 2.75. The van der Waals surface area contributed by atoms with Gasteiger partial charge in [0.15, 0.2) is 11.4 Å². The van der Waals surface area contributed by atoms with Gasteiger partial charge in [0.05, 0.1) is 6.04 Å². The zero-order valence-electron chi connectivity index (χ0n) is 25.1. The second-order valence-electron chi connectivity index (χ2n) is 11.8. The van der Waals surface area contributed by atoms with Crippen LogP contribution in [-0.4, -0.2) is 62.1 Å². The molecule has 1 fully saturated rings. The van der Waals surface area contributed by atoms with E-state index < -0.39 is 36.0 Å². The molecule has 2 aliphatic rings. The Morgan fingerprint density at radius 3 is 2.51 bits per heavy atom. The van der Waals surface area contributed by atoms with Gasteiger partial charge >= 0.3 is 0 Å². The first-order valence-electron chi connectivity index (χ1n) is 14.5. The standard InChI is InChI=1S/C29H37N7O6S/c1-13(2)10-17-29(40)36-9-7-8-20(36)24(38)34-21(14(3)4)28-33-19(12-43-28)27-35-22(16(6)42-27)25(39)30-15(5)26-32-18(11-41-26)23(37)31-17/h11-15,17,20-21H,7-10H2,1-6H3,(H,30,39)(H,31,37)(H,34,38)/t15-,17-,20+,21+/m1/s1. The van der Waals surface area contributed by atoms with Crippen molar-refractivity contribution in [3.8, 4) is 11.6 Å². The second kappa shape index (κ2) is 12.3. The summed E-state index contributed by atoms with van der Waals surface area (Å²) in [6.45, 7) is 11.6. The normalized spacial score (nSPS) is 23.6. The lowest BCUT2D eigenvalue weighted by molar-refractivity contribution is -0.140. The van der Waals surface area contributed by atoms with Crippen molar-refractivity contribution in [3.05, 3.63) is 39.7 Å². The number of thiazole rings is 1. The van der Waals surface area contributed by atoms with Crippen LogP contribution in [0.5, 0.6) is 0 Å². The third kappa shape index (κ3) is 6.33. The first kappa shape index (κ1) is 30.4. The van der Waals surface area contributed by atoms with E-state index >= 15 is 0 Å². The number of hydrogen-bond donors (Lipinski definition) is 3. The molecule has 5 heterocycles. The van der Waals surface area contributed by atoms with Crippen LogP contribution < -0.4 is 16.0 Å². The van der Waals surface area contributed by atoms with E-state index in [-0.39, 0.29) is 46.8 Å². The number of fused-ring (bicyclic) bond motifs is 8. The minimum absolute atomic E-state index is 0.00983. The summed E-state index contributed by atoms with van der Waals surface area (Å²) >= 11 is 1.35. The molecule has 3 aromatic rings. The SMILES string of the molecule is Cc1oc2nc1C(=O)N[C@H](C)c1nc(co1)C(=O)N[C@H](CC(C)C)C(=O)N1CCC[C@H]1C(=O)N[C@@H](C(C)C)c1nc-2cs1. The highest BCUT2D eigenvalue weighted by Crippen LogP contribution is 2.31. The molecule has 0 aromatic carbocycles. The van der Waals surface area contributed by atoms with Gasteiger partial charge in [0.1, 0.15) is 40.9 Å². The highest BCUT2D eigenvalue weighted by atomic mass is 32.1. The molecule has 0 saturated carbocycles. The number of aromatic nitrogens is 3. The van der Waals surface area contributed by atoms with Gasteiger partial charge in [-0.25, -0.2) is 15.0 Å². The van der Waals surface area contributed by atoms with Crippen molar-refractivity contribution >= 4 is 35.0 Å². The van der Waals surface area contributed by atoms with Crippen LogP contribution in [-0.2, 0) is 9.59 Å². The van der Waals surface area contributed by atoms with Gasteiger partial charge in [0.25, 0.3) is 11.8 Å². The molecule has 6 bridgehead atoms. The van der Waals surface area contributed by atoms with E-state index in [1.54, 1.807) is 24.1 Å². The van der Waals surface area contributed by atoms with Gasteiger partial charge in [-0.05, 0) is 44.9 Å². The van der Waals surface area contributed by atoms with E-state index in [0.29, 0.717) is 42.3 Å². The minimum atomic E-state index is -0.862. The predicted octanol–water partition coefficient (Wildman–Crippen LogP) is 3.55. The monoisotopic (exact) mass is 611 g/mol. The van der Waals surface area contributed by atoms with E-state index in [4.69, 9.17) is 13.8 Å². The van der Waals surface area contributed by atoms with Crippen molar-refractivity contribution in [2.45, 2.75) is 85.0 Å². The topological polar surface area (TPSA) is 173 Å². The molecule has 0 unspecified atom stereocenters. The van der Waals surface area contributed by atoms with Gasteiger partial charge < -0.3 is 29.7 Å². The number of nitrogens with zero attached hydrogens (tertiary/aromatic N) is 4. The number of carbonyl (C=O) groups excluding carboxylic acids is 4. The van der Waals surface area contributed by atoms with Crippen molar-refractivity contribution in [2.75, 3.05) is 6.54 Å². The van der Waals surface area contributed by atoms with Crippen molar-refractivity contribution in [1.82, 2.24) is 35.8 Å². The zero-order valence-corrected chi connectivity index (χ0v) is 25.9. The maximum atomic E-state index is 13.8. The van der Waals surface area contributed by atoms with Crippen LogP contribution in [0.4, 0.5) is 0 Å². The average molecular weight is 612 g/mol. The summed E-state index contributed by atoms with van der Waals surface area (Å²) in [6, 6.07) is -2.66. The number of aryl methyl sites for hydroxylation is 1. The molecule has 43 heavy (non-hydrogen) atoms. The molecule has 4 amide bonds. The van der Waals surface area contributed by atoms with E-state index in [2.05, 4.69) is 25.9 Å². The first-order chi connectivity index (χ1) is 20.4. The van der Waals surface area contributed by atoms with Gasteiger partial charge in [-0.1, -0.05) is 27.7 Å². The highest BCUT2D eigenvalue weighted by Gasteiger charge is 2.39. The molecule has 2 aliphatic heterocycles. The summed E-state index contributed by atoms with van der Waals surface area (Å²) < 4.78 is 11.3. The Bertz CT molecular complexity index is 1520. The molecule has 3 N–H and O–H groups in total. The molecule has 0 spiro atoms. The molecular weight excluding hydrogens is 574 g/mol. The summed E-state index contributed by atoms with van der Waals surface area (Å²) in [7, 11) is 0. The van der Waals surface area contributed by atoms with Crippen LogP contribution in [0.15, 0.2) is 20.5 Å². The lowest BCUT2D eigenvalue weighted by atomic mass is 10.0. The van der Waals surface area contributed by atoms with Crippen LogP contribution >= 0.6 is 11.3 Å². The van der Waals surface area contributed by atoms with Gasteiger partial charge in [-0.15, -0.1) is 11.3 Å². The Hall–Kier alpha value is -4.07. The largest absolute Gasteiger partial charge is 0.446 e. The van der Waals surface area contributed by atoms with Crippen LogP contribution in [0.2, 0.25) is 0 Å². The fraction of sp³-hybridized carbons (Fsp3) is 0.552. The molecule has 0 aliphatic carbocycles. The van der Waals surface area contributed by atoms with E-state index in [0.717, 1.165) is 0 Å². The number of nitrogens with one attached hydrogen (secondary N) is 3. The Balaban J connectivity index is 1.53. The van der Waals surface area contributed by atoms with E-state index in [1.165, 1.54) is 17.6 Å². The molecule has 230 valence electrons. The number of hydrogen-bond acceptors (Lipinski definition) is 10. The molecule has 1 saturated heterocycles. The van der Waals surface area contributed by atoms with Gasteiger partial charge in [0, 0.05) is 11.9 Å². The number of amides is 4. The van der Waals surface area contributed by atoms with Gasteiger partial charge in [-0.2, -0.15) is 0 Å². The highest BCUT2D eigenvalue weighted by molar-refractivity contribution is 7.10. The third-order valence-electron chi connectivity index (χ3n) is 7.60. The Morgan fingerprint density at radius 1 is 1.02 bits per heavy atom. The maximum Gasteiger partial charge on any atom is 0.274 e. The molecule has 4 atom stereocenters. The van der Waals surface area contributed by atoms with Crippen molar-refractivity contribution in [2.24, 2.45) is 11.8 Å². The molecular formula is C29H37N7O6S. The third-order valence-corrected chi connectivity index (χ3v) is 8.53. The number of carbonyl (C=O) groups is 4. The smallest absolute Gasteiger partial charge is 0.274 e. The van der Waals surface area contributed by atoms with Crippen LogP contribution in [0.1, 0.15) is 104 Å². The predicted molar refractivity (Wildman–Crippen MR) is 156 cm³/mol. The fourth-order valence-corrected chi connectivity index (χ4v) is 6.37. The lowest BCUT2D eigenvalue weighted by Crippen LogP contribution is -2.54. The Morgan fingerprint density at radius 2 is 1.79 bits per heavy atom. The second-order valence-corrected chi connectivity index (χ2v) is 12.7. The minimum Gasteiger partial charge on any atom is -0.446 e. The van der Waals surface area contributed by atoms with Crippen LogP contribution in [0.3, 0.4) is 0 Å². The quantitative estimate of drug-likeness (QED) is 0.400. The molecule has 13 nitrogen and oxygen atoms in total. The molecule has 0 radical (unpaired) electrons. The Labute approximate surface area is 253 Å². The summed E-state index contributed by atoms with van der Waals surface area (Å²) in [5.41, 5.74) is 0.493. The average Bonchev–Trinajstić information content (AvgIpc) is 3.75.